The summed E-state index contributed by atoms with van der Waals surface area (Å²) < 4.78 is 116. The third kappa shape index (κ3) is 9.86. The quantitative estimate of drug-likeness (QED) is 0.143. The number of fused-ring (bicyclic) bond motifs is 1. The molecule has 0 saturated carbocycles. The van der Waals surface area contributed by atoms with E-state index < -0.39 is 75.7 Å². The number of aryl methyl sites for hydroxylation is 3. The molecular weight excluding hydrogens is 731 g/mol. The Morgan fingerprint density at radius 3 is 1.68 bits per heavy atom. The van der Waals surface area contributed by atoms with Gasteiger partial charge >= 0.3 is 30.5 Å². The maximum Gasteiger partial charge on any atom is 0.417 e. The number of rotatable bonds is 6. The molecule has 0 fully saturated rings. The van der Waals surface area contributed by atoms with Gasteiger partial charge in [0.15, 0.2) is 0 Å². The zero-order valence-corrected chi connectivity index (χ0v) is 26.9. The topological polar surface area (TPSA) is 159 Å². The predicted molar refractivity (Wildman–Crippen MR) is 168 cm³/mol. The largest absolute Gasteiger partial charge is 0.478 e. The number of carboxylic acid groups (broad SMARTS) is 2. The van der Waals surface area contributed by atoms with Crippen molar-refractivity contribution in [3.05, 3.63) is 117 Å². The van der Waals surface area contributed by atoms with Gasteiger partial charge < -0.3 is 20.8 Å². The van der Waals surface area contributed by atoms with Crippen molar-refractivity contribution in [1.82, 2.24) is 9.97 Å². The van der Waals surface area contributed by atoms with E-state index in [0.29, 0.717) is 17.8 Å². The monoisotopic (exact) mass is 756 g/mol. The summed E-state index contributed by atoms with van der Waals surface area (Å²) in [7, 11) is 0. The highest BCUT2D eigenvalue weighted by molar-refractivity contribution is 6.11. The van der Waals surface area contributed by atoms with Gasteiger partial charge in [-0.2, -0.15) is 39.5 Å². The molecule has 2 heterocycles. The van der Waals surface area contributed by atoms with E-state index in [1.807, 2.05) is 6.07 Å². The fourth-order valence-corrected chi connectivity index (χ4v) is 5.16. The van der Waals surface area contributed by atoms with Crippen LogP contribution in [0.3, 0.4) is 0 Å². The van der Waals surface area contributed by atoms with Crippen LogP contribution in [0, 0.1) is 6.92 Å². The van der Waals surface area contributed by atoms with E-state index in [4.69, 9.17) is 10.2 Å². The highest BCUT2D eigenvalue weighted by Crippen LogP contribution is 2.42. The Labute approximate surface area is 292 Å². The average molecular weight is 757 g/mol. The maximum atomic E-state index is 13.0. The summed E-state index contributed by atoms with van der Waals surface area (Å²) in [5.74, 6) is -5.63. The number of amides is 2. The van der Waals surface area contributed by atoms with Gasteiger partial charge in [0.1, 0.15) is 11.6 Å². The van der Waals surface area contributed by atoms with E-state index in [0.717, 1.165) is 43.0 Å². The Balaban J connectivity index is 0.000000237. The summed E-state index contributed by atoms with van der Waals surface area (Å²) in [5, 5.41) is 22.8. The number of nitrogens with one attached hydrogen (secondary N) is 2. The Morgan fingerprint density at radius 2 is 1.13 bits per heavy atom. The summed E-state index contributed by atoms with van der Waals surface area (Å²) >= 11 is 0. The van der Waals surface area contributed by atoms with Crippen LogP contribution in [0.25, 0.3) is 0 Å². The Bertz CT molecular complexity index is 2080. The van der Waals surface area contributed by atoms with Crippen LogP contribution >= 0.6 is 0 Å². The second-order valence-corrected chi connectivity index (χ2v) is 11.4. The number of benzene rings is 2. The van der Waals surface area contributed by atoms with Crippen molar-refractivity contribution in [3.8, 4) is 0 Å². The number of alkyl halides is 9. The lowest BCUT2D eigenvalue weighted by molar-refractivity contribution is -0.162. The lowest BCUT2D eigenvalue weighted by Crippen LogP contribution is -2.23. The van der Waals surface area contributed by atoms with Crippen LogP contribution in [-0.4, -0.2) is 43.9 Å². The third-order valence-corrected chi connectivity index (χ3v) is 7.62. The van der Waals surface area contributed by atoms with Gasteiger partial charge in [0.2, 0.25) is 0 Å². The maximum absolute atomic E-state index is 13.0. The van der Waals surface area contributed by atoms with Gasteiger partial charge in [-0.25, -0.2) is 19.6 Å². The molecule has 4 N–H and O–H groups in total. The fraction of sp³-hybridized carbons (Fsp3) is 0.235. The Hall–Kier alpha value is -6.01. The van der Waals surface area contributed by atoms with Crippen molar-refractivity contribution in [1.29, 1.82) is 0 Å². The van der Waals surface area contributed by atoms with E-state index in [2.05, 4.69) is 20.6 Å². The van der Waals surface area contributed by atoms with Crippen LogP contribution in [0.15, 0.2) is 60.7 Å². The molecule has 2 aromatic heterocycles. The number of carbonyl (C=O) groups is 4. The van der Waals surface area contributed by atoms with Crippen molar-refractivity contribution in [3.63, 3.8) is 0 Å². The number of aromatic nitrogens is 2. The van der Waals surface area contributed by atoms with Crippen LogP contribution in [0.5, 0.6) is 0 Å². The number of anilines is 2. The van der Waals surface area contributed by atoms with E-state index in [-0.39, 0.29) is 29.3 Å². The zero-order chi connectivity index (χ0) is 39.5. The highest BCUT2D eigenvalue weighted by Gasteiger charge is 2.45. The van der Waals surface area contributed by atoms with E-state index in [1.165, 1.54) is 12.1 Å². The van der Waals surface area contributed by atoms with E-state index in [9.17, 15) is 58.7 Å². The van der Waals surface area contributed by atoms with Gasteiger partial charge in [0.25, 0.3) is 11.8 Å². The molecule has 0 bridgehead atoms. The zero-order valence-electron chi connectivity index (χ0n) is 26.9. The molecular formula is C34H25F9N4O6. The second-order valence-electron chi connectivity index (χ2n) is 11.4. The van der Waals surface area contributed by atoms with Gasteiger partial charge in [-0.1, -0.05) is 12.1 Å². The van der Waals surface area contributed by atoms with Crippen molar-refractivity contribution in [2.75, 3.05) is 10.6 Å². The van der Waals surface area contributed by atoms with Crippen LogP contribution in [-0.2, 0) is 31.4 Å². The predicted octanol–water partition coefficient (Wildman–Crippen LogP) is 8.31. The molecule has 1 aliphatic rings. The summed E-state index contributed by atoms with van der Waals surface area (Å²) in [6, 6.07) is 9.41. The minimum atomic E-state index is -5.47. The smallest absolute Gasteiger partial charge is 0.417 e. The number of aromatic carboxylic acids is 2. The lowest BCUT2D eigenvalue weighted by atomic mass is 9.96. The molecule has 0 unspecified atom stereocenters. The fourth-order valence-electron chi connectivity index (χ4n) is 5.16. The molecule has 0 saturated heterocycles. The number of hydrogen-bond donors (Lipinski definition) is 4. The molecule has 2 aromatic carbocycles. The van der Waals surface area contributed by atoms with Gasteiger partial charge in [0.05, 0.1) is 38.9 Å². The minimum Gasteiger partial charge on any atom is -0.478 e. The number of halogens is 9. The van der Waals surface area contributed by atoms with Crippen molar-refractivity contribution >= 4 is 35.4 Å². The molecule has 19 heteroatoms. The van der Waals surface area contributed by atoms with E-state index in [1.54, 1.807) is 19.1 Å². The van der Waals surface area contributed by atoms with Crippen molar-refractivity contribution in [2.24, 2.45) is 0 Å². The summed E-state index contributed by atoms with van der Waals surface area (Å²) in [6.45, 7) is 1.55. The molecule has 0 atom stereocenters. The van der Waals surface area contributed by atoms with Gasteiger partial charge in [-0.15, -0.1) is 0 Å². The average Bonchev–Trinajstić information content (AvgIpc) is 3.06. The molecule has 0 spiro atoms. The second kappa shape index (κ2) is 15.3. The number of carboxylic acids is 2. The molecule has 5 rings (SSSR count). The summed E-state index contributed by atoms with van der Waals surface area (Å²) in [6.07, 6.45) is -11.8. The van der Waals surface area contributed by atoms with Gasteiger partial charge in [-0.05, 0) is 86.7 Å². The van der Waals surface area contributed by atoms with Gasteiger partial charge in [0, 0.05) is 11.4 Å². The molecule has 0 aliphatic heterocycles. The molecule has 10 nitrogen and oxygen atoms in total. The first-order chi connectivity index (χ1) is 24.6. The molecule has 1 aliphatic carbocycles. The lowest BCUT2D eigenvalue weighted by Gasteiger charge is -2.18. The Kier molecular flexibility index (Phi) is 11.5. The van der Waals surface area contributed by atoms with Gasteiger partial charge in [-0.3, -0.25) is 9.59 Å². The van der Waals surface area contributed by atoms with Crippen molar-refractivity contribution in [2.45, 2.75) is 51.1 Å². The van der Waals surface area contributed by atoms with Crippen molar-refractivity contribution < 1.29 is 68.9 Å². The molecule has 2 amide bonds. The van der Waals surface area contributed by atoms with Crippen LogP contribution in [0.2, 0.25) is 0 Å². The first-order valence-electron chi connectivity index (χ1n) is 15.1. The first-order valence-corrected chi connectivity index (χ1v) is 15.1. The number of pyridine rings is 2. The molecule has 0 radical (unpaired) electrons. The van der Waals surface area contributed by atoms with Crippen LogP contribution in [0.1, 0.15) is 87.9 Å². The number of carbonyl (C=O) groups excluding carboxylic acids is 2. The molecule has 280 valence electrons. The SMILES string of the molecule is Cc1cccc(NC(=O)c2cc(C(F)(F)F)c(C(F)(F)F)cc2C(=O)O)n1.O=C(O)c1cc(C(F)(F)F)ccc1C(=O)Nc1ccc2c(n1)CCCC2. The number of hydrogen-bond acceptors (Lipinski definition) is 6. The van der Waals surface area contributed by atoms with Crippen LogP contribution < -0.4 is 10.6 Å². The summed E-state index contributed by atoms with van der Waals surface area (Å²) in [4.78, 5) is 55.3. The minimum absolute atomic E-state index is 0.107. The standard InChI is InChI=1S/C18H15F3N2O3.C16H10F6N2O3/c19-18(20,21)11-6-7-12(13(9-11)17(25)26)16(24)23-15-8-5-10-3-1-2-4-14(10)22-15;1-7-3-2-4-12(23-7)24-13(25)8-5-10(15(17,18)19)11(16(20,21)22)6-9(8)14(26)27/h5-9H,1-4H2,(H,25,26)(H,22,23,24);2-6H,1H3,(H,26,27)(H,23,24,25). The normalized spacial score (nSPS) is 12.9. The molecule has 53 heavy (non-hydrogen) atoms. The van der Waals surface area contributed by atoms with Crippen LogP contribution in [0.4, 0.5) is 51.1 Å². The Morgan fingerprint density at radius 1 is 0.604 bits per heavy atom. The summed E-state index contributed by atoms with van der Waals surface area (Å²) in [5.41, 5.74) is -6.44. The third-order valence-electron chi connectivity index (χ3n) is 7.62. The first kappa shape index (κ1) is 39.8. The van der Waals surface area contributed by atoms with E-state index >= 15 is 0 Å². The molecule has 4 aromatic rings. The number of nitrogens with zero attached hydrogens (tertiary/aromatic N) is 2. The highest BCUT2D eigenvalue weighted by atomic mass is 19.4.